The van der Waals surface area contributed by atoms with Gasteiger partial charge in [0.05, 0.1) is 11.2 Å². The lowest BCUT2D eigenvalue weighted by Crippen LogP contribution is -1.86. The first-order valence-corrected chi connectivity index (χ1v) is 7.20. The van der Waals surface area contributed by atoms with Crippen LogP contribution in [0.15, 0.2) is 38.1 Å². The van der Waals surface area contributed by atoms with Gasteiger partial charge in [0.2, 0.25) is 0 Å². The number of pyridine rings is 2. The first-order valence-electron chi connectivity index (χ1n) is 5.21. The van der Waals surface area contributed by atoms with Crippen LogP contribution in [0, 0.1) is 4.84 Å². The Hall–Kier alpha value is -1.45. The topological polar surface area (TPSA) is 101 Å². The average molecular weight is 420 g/mol. The van der Waals surface area contributed by atoms with Crippen LogP contribution in [0.5, 0.6) is 5.75 Å². The Morgan fingerprint density at radius 3 is 2.45 bits per heavy atom. The van der Waals surface area contributed by atoms with Crippen LogP contribution >= 0.6 is 44.1 Å². The number of aromatic hydroxyl groups is 1. The Morgan fingerprint density at radius 2 is 1.85 bits per heavy atom. The lowest BCUT2D eigenvalue weighted by atomic mass is 10.4. The van der Waals surface area contributed by atoms with Crippen molar-refractivity contribution in [2.24, 2.45) is 0 Å². The summed E-state index contributed by atoms with van der Waals surface area (Å²) in [6.45, 7) is 0. The summed E-state index contributed by atoms with van der Waals surface area (Å²) in [4.78, 5) is 11.0. The normalized spacial score (nSPS) is 10.1. The zero-order valence-corrected chi connectivity index (χ0v) is 13.8. The van der Waals surface area contributed by atoms with Gasteiger partial charge in [0.15, 0.2) is 15.9 Å². The fourth-order valence-corrected chi connectivity index (χ4v) is 2.24. The van der Waals surface area contributed by atoms with Crippen molar-refractivity contribution in [1.82, 2.24) is 15.0 Å². The van der Waals surface area contributed by atoms with Gasteiger partial charge >= 0.3 is 0 Å². The highest BCUT2D eigenvalue weighted by atomic mass is 79.9. The van der Waals surface area contributed by atoms with Crippen LogP contribution < -0.4 is 5.73 Å². The molecule has 0 radical (unpaired) electrons. The van der Waals surface area contributed by atoms with E-state index in [1.807, 2.05) is 0 Å². The zero-order chi connectivity index (χ0) is 14.7. The van der Waals surface area contributed by atoms with Crippen molar-refractivity contribution in [3.8, 4) is 5.75 Å². The third-order valence-corrected chi connectivity index (χ3v) is 3.53. The van der Waals surface area contributed by atoms with E-state index in [-0.39, 0.29) is 5.75 Å². The summed E-state index contributed by atoms with van der Waals surface area (Å²) < 4.78 is 6.19. The van der Waals surface area contributed by atoms with Crippen LogP contribution in [0.4, 0.5) is 5.69 Å². The van der Waals surface area contributed by atoms with E-state index in [0.29, 0.717) is 25.3 Å². The molecule has 0 spiro atoms. The van der Waals surface area contributed by atoms with E-state index in [1.165, 1.54) is 12.3 Å². The summed E-state index contributed by atoms with van der Waals surface area (Å²) in [5.74, 6) is -0.00231. The van der Waals surface area contributed by atoms with Crippen molar-refractivity contribution in [1.29, 1.82) is 0 Å². The second-order valence-corrected chi connectivity index (χ2v) is 5.41. The maximum atomic E-state index is 8.97. The standard InChI is InChI=1S/C6H3BrN2OS.C5H5BrN2O/c7-5-4-3(1-2-8-5)9-6(11)10-4;6-5-4(9)3(7)1-2-8-5/h1-2H,(H,9,11);1-2,9H,(H2,7,8). The van der Waals surface area contributed by atoms with E-state index in [1.54, 1.807) is 12.3 Å². The van der Waals surface area contributed by atoms with E-state index in [9.17, 15) is 0 Å². The second-order valence-electron chi connectivity index (χ2n) is 3.53. The summed E-state index contributed by atoms with van der Waals surface area (Å²) >= 11 is 11.0. The molecule has 0 saturated heterocycles. The second kappa shape index (κ2) is 6.33. The number of hydrogen-bond acceptors (Lipinski definition) is 6. The molecule has 0 aromatic carbocycles. The predicted molar refractivity (Wildman–Crippen MR) is 84.9 cm³/mol. The van der Waals surface area contributed by atoms with E-state index in [0.717, 1.165) is 5.52 Å². The first kappa shape index (κ1) is 14.9. The maximum Gasteiger partial charge on any atom is 0.266 e. The molecule has 3 heterocycles. The molecule has 0 unspecified atom stereocenters. The monoisotopic (exact) mass is 418 g/mol. The Balaban J connectivity index is 0.000000151. The van der Waals surface area contributed by atoms with Crippen LogP contribution in [0.25, 0.3) is 11.1 Å². The summed E-state index contributed by atoms with van der Waals surface area (Å²) in [6, 6.07) is 3.33. The molecule has 104 valence electrons. The summed E-state index contributed by atoms with van der Waals surface area (Å²) in [7, 11) is 0. The lowest BCUT2D eigenvalue weighted by Gasteiger charge is -1.96. The molecular formula is C11H8Br2N4O2S. The lowest BCUT2D eigenvalue weighted by molar-refractivity contribution is 0.471. The number of nitrogens with two attached hydrogens (primary N) is 1. The predicted octanol–water partition coefficient (Wildman–Crippen LogP) is 3.78. The minimum atomic E-state index is -0.00231. The molecule has 9 heteroatoms. The van der Waals surface area contributed by atoms with Crippen LogP contribution in [0.2, 0.25) is 0 Å². The average Bonchev–Trinajstić information content (AvgIpc) is 2.79. The quantitative estimate of drug-likeness (QED) is 0.378. The number of hydrogen-bond donors (Lipinski definition) is 3. The fraction of sp³-hybridized carbons (Fsp3) is 0. The Labute approximate surface area is 135 Å². The highest BCUT2D eigenvalue weighted by Crippen LogP contribution is 2.26. The van der Waals surface area contributed by atoms with Gasteiger partial charge in [-0.3, -0.25) is 0 Å². The number of aromatic nitrogens is 3. The Bertz CT molecular complexity index is 782. The van der Waals surface area contributed by atoms with Crippen molar-refractivity contribution < 1.29 is 9.52 Å². The minimum absolute atomic E-state index is 0.00231. The molecule has 3 aromatic rings. The molecule has 6 nitrogen and oxygen atoms in total. The van der Waals surface area contributed by atoms with Crippen LogP contribution in [0.1, 0.15) is 0 Å². The van der Waals surface area contributed by atoms with Crippen molar-refractivity contribution in [2.75, 3.05) is 5.73 Å². The molecule has 3 rings (SSSR count). The molecule has 0 bridgehead atoms. The number of oxazole rings is 1. The molecule has 0 fully saturated rings. The first-order chi connectivity index (χ1) is 9.49. The number of anilines is 1. The Kier molecular flexibility index (Phi) is 4.73. The Morgan fingerprint density at radius 1 is 1.20 bits per heavy atom. The van der Waals surface area contributed by atoms with Gasteiger partial charge in [0.1, 0.15) is 4.60 Å². The number of fused-ring (bicyclic) bond motifs is 1. The third kappa shape index (κ3) is 3.35. The molecule has 4 N–H and O–H groups in total. The zero-order valence-electron chi connectivity index (χ0n) is 9.80. The number of H-pyrrole nitrogens is 1. The molecule has 0 aliphatic heterocycles. The van der Waals surface area contributed by atoms with Gasteiger partial charge in [0.25, 0.3) is 4.84 Å². The number of aromatic amines is 1. The number of rotatable bonds is 0. The van der Waals surface area contributed by atoms with E-state index in [4.69, 9.17) is 27.5 Å². The fourth-order valence-electron chi connectivity index (χ4n) is 1.29. The molecule has 20 heavy (non-hydrogen) atoms. The highest BCUT2D eigenvalue weighted by molar-refractivity contribution is 9.10. The number of halogens is 2. The third-order valence-electron chi connectivity index (χ3n) is 2.20. The largest absolute Gasteiger partial charge is 0.504 e. The van der Waals surface area contributed by atoms with Crippen molar-refractivity contribution in [3.05, 3.63) is 38.6 Å². The maximum absolute atomic E-state index is 8.97. The van der Waals surface area contributed by atoms with Gasteiger partial charge in [-0.05, 0) is 56.2 Å². The van der Waals surface area contributed by atoms with Crippen LogP contribution in [0.3, 0.4) is 0 Å². The van der Waals surface area contributed by atoms with Gasteiger partial charge in [-0.2, -0.15) is 0 Å². The smallest absolute Gasteiger partial charge is 0.266 e. The highest BCUT2D eigenvalue weighted by Gasteiger charge is 2.02. The van der Waals surface area contributed by atoms with E-state index < -0.39 is 0 Å². The number of nitrogens with one attached hydrogen (secondary N) is 1. The van der Waals surface area contributed by atoms with Gasteiger partial charge in [-0.1, -0.05) is 0 Å². The van der Waals surface area contributed by atoms with Crippen molar-refractivity contribution in [2.45, 2.75) is 0 Å². The molecule has 0 aliphatic rings. The van der Waals surface area contributed by atoms with E-state index in [2.05, 4.69) is 46.8 Å². The molecule has 0 aliphatic carbocycles. The van der Waals surface area contributed by atoms with Gasteiger partial charge in [-0.15, -0.1) is 0 Å². The van der Waals surface area contributed by atoms with Crippen molar-refractivity contribution >= 4 is 60.9 Å². The summed E-state index contributed by atoms with van der Waals surface area (Å²) in [5, 5.41) is 8.97. The summed E-state index contributed by atoms with van der Waals surface area (Å²) in [6.07, 6.45) is 3.19. The number of nitrogens with zero attached hydrogens (tertiary/aromatic N) is 2. The van der Waals surface area contributed by atoms with Gasteiger partial charge in [0, 0.05) is 12.4 Å². The van der Waals surface area contributed by atoms with Crippen molar-refractivity contribution in [3.63, 3.8) is 0 Å². The number of nitrogen functional groups attached to an aromatic ring is 1. The molecule has 0 atom stereocenters. The summed E-state index contributed by atoms with van der Waals surface area (Å²) in [5.41, 5.74) is 7.15. The van der Waals surface area contributed by atoms with Crippen LogP contribution in [-0.2, 0) is 0 Å². The van der Waals surface area contributed by atoms with Gasteiger partial charge in [-0.25, -0.2) is 9.97 Å². The SMILES string of the molecule is Nc1ccnc(Br)c1O.S=c1[nH]c2ccnc(Br)c2o1. The molecule has 3 aromatic heterocycles. The minimum Gasteiger partial charge on any atom is -0.504 e. The van der Waals surface area contributed by atoms with Gasteiger partial charge < -0.3 is 20.2 Å². The molecular weight excluding hydrogens is 412 g/mol. The van der Waals surface area contributed by atoms with Crippen LogP contribution in [-0.4, -0.2) is 20.1 Å². The molecule has 0 amide bonds. The van der Waals surface area contributed by atoms with E-state index >= 15 is 0 Å². The molecule has 0 saturated carbocycles.